The van der Waals surface area contributed by atoms with Gasteiger partial charge in [-0.3, -0.25) is 4.79 Å². The minimum atomic E-state index is -3.40. The first-order chi connectivity index (χ1) is 11.7. The lowest BCUT2D eigenvalue weighted by Crippen LogP contribution is -2.51. The molecule has 2 rings (SSSR count). The Hall–Kier alpha value is -0.700. The summed E-state index contributed by atoms with van der Waals surface area (Å²) in [5.41, 5.74) is -0.502. The van der Waals surface area contributed by atoms with Crippen LogP contribution in [0.4, 0.5) is 0 Å². The van der Waals surface area contributed by atoms with Gasteiger partial charge in [0, 0.05) is 40.3 Å². The highest BCUT2D eigenvalue weighted by Gasteiger charge is 2.43. The molecule has 1 spiro atoms. The summed E-state index contributed by atoms with van der Waals surface area (Å²) in [6.45, 7) is 7.10. The molecule has 0 radical (unpaired) electrons. The van der Waals surface area contributed by atoms with Gasteiger partial charge < -0.3 is 9.64 Å². The maximum Gasteiger partial charge on any atom is 0.281 e. The highest BCUT2D eigenvalue weighted by Crippen LogP contribution is 2.33. The van der Waals surface area contributed by atoms with E-state index in [1.54, 1.807) is 14.1 Å². The summed E-state index contributed by atoms with van der Waals surface area (Å²) in [5.74, 6) is 0.679. The molecule has 0 bridgehead atoms. The van der Waals surface area contributed by atoms with Gasteiger partial charge in [-0.25, -0.2) is 0 Å². The molecule has 0 aromatic heterocycles. The Morgan fingerprint density at radius 1 is 1.16 bits per heavy atom. The Kier molecular flexibility index (Phi) is 6.87. The summed E-state index contributed by atoms with van der Waals surface area (Å²) < 4.78 is 33.4. The maximum atomic E-state index is 12.7. The zero-order chi connectivity index (χ0) is 18.7. The molecule has 0 aromatic rings. The van der Waals surface area contributed by atoms with Crippen molar-refractivity contribution < 1.29 is 17.9 Å². The predicted octanol–water partition coefficient (Wildman–Crippen LogP) is 1.31. The lowest BCUT2D eigenvalue weighted by molar-refractivity contribution is -0.135. The molecule has 0 unspecified atom stereocenters. The number of carbonyl (C=O) groups is 1. The van der Waals surface area contributed by atoms with Crippen LogP contribution in [0.3, 0.4) is 0 Å². The van der Waals surface area contributed by atoms with Gasteiger partial charge in [-0.15, -0.1) is 0 Å². The largest absolute Gasteiger partial charge is 0.373 e. The molecule has 2 fully saturated rings. The fraction of sp³-hybridized carbons (Fsp3) is 0.941. The van der Waals surface area contributed by atoms with Crippen LogP contribution in [0.15, 0.2) is 0 Å². The fourth-order valence-corrected chi connectivity index (χ4v) is 4.77. The second-order valence-corrected chi connectivity index (χ2v) is 9.56. The van der Waals surface area contributed by atoms with Gasteiger partial charge in [0.25, 0.3) is 10.2 Å². The summed E-state index contributed by atoms with van der Waals surface area (Å²) in [5, 5.41) is 0. The number of ether oxygens (including phenoxy) is 1. The van der Waals surface area contributed by atoms with E-state index in [4.69, 9.17) is 4.74 Å². The molecule has 0 aliphatic carbocycles. The molecule has 0 N–H and O–H groups in total. The molecule has 0 aromatic carbocycles. The molecular weight excluding hydrogens is 342 g/mol. The average molecular weight is 376 g/mol. The Morgan fingerprint density at radius 3 is 2.28 bits per heavy atom. The zero-order valence-corrected chi connectivity index (χ0v) is 16.8. The highest BCUT2D eigenvalue weighted by atomic mass is 32.2. The first-order valence-electron chi connectivity index (χ1n) is 9.33. The van der Waals surface area contributed by atoms with Crippen LogP contribution in [-0.4, -0.2) is 80.3 Å². The standard InChI is InChI=1S/C17H33N3O4S/c1-5-15(6-2)14-19-11-12-24-17(13-16(19)21)7-9-20(10-8-17)25(22,23)18(3)4/h15H,5-14H2,1-4H3. The molecule has 2 heterocycles. The minimum absolute atomic E-state index is 0.147. The van der Waals surface area contributed by atoms with Crippen molar-refractivity contribution in [2.24, 2.45) is 5.92 Å². The average Bonchev–Trinajstić information content (AvgIpc) is 2.72. The molecule has 8 heteroatoms. The first kappa shape index (κ1) is 20.6. The second kappa shape index (κ2) is 8.33. The number of amides is 1. The maximum absolute atomic E-state index is 12.7. The normalized spacial score (nSPS) is 22.8. The summed E-state index contributed by atoms with van der Waals surface area (Å²) in [7, 11) is -0.310. The monoisotopic (exact) mass is 375 g/mol. The Labute approximate surface area is 152 Å². The van der Waals surface area contributed by atoms with E-state index in [1.807, 2.05) is 4.90 Å². The Balaban J connectivity index is 2.00. The van der Waals surface area contributed by atoms with E-state index in [2.05, 4.69) is 13.8 Å². The van der Waals surface area contributed by atoms with Gasteiger partial charge in [0.1, 0.15) is 0 Å². The predicted molar refractivity (Wildman–Crippen MR) is 97.4 cm³/mol. The van der Waals surface area contributed by atoms with E-state index in [1.165, 1.54) is 8.61 Å². The van der Waals surface area contributed by atoms with Crippen LogP contribution in [0.2, 0.25) is 0 Å². The molecule has 25 heavy (non-hydrogen) atoms. The smallest absolute Gasteiger partial charge is 0.281 e. The van der Waals surface area contributed by atoms with Crippen molar-refractivity contribution in [2.45, 2.75) is 51.6 Å². The van der Waals surface area contributed by atoms with Gasteiger partial charge in [-0.05, 0) is 18.8 Å². The number of hydrogen-bond acceptors (Lipinski definition) is 4. The van der Waals surface area contributed by atoms with E-state index in [-0.39, 0.29) is 5.91 Å². The van der Waals surface area contributed by atoms with Crippen molar-refractivity contribution in [2.75, 3.05) is 46.9 Å². The van der Waals surface area contributed by atoms with Crippen molar-refractivity contribution in [1.29, 1.82) is 0 Å². The van der Waals surface area contributed by atoms with Crippen molar-refractivity contribution in [3.63, 3.8) is 0 Å². The summed E-state index contributed by atoms with van der Waals surface area (Å²) in [6, 6.07) is 0. The Bertz CT molecular complexity index is 552. The Morgan fingerprint density at radius 2 is 1.76 bits per heavy atom. The minimum Gasteiger partial charge on any atom is -0.373 e. The number of piperidine rings is 1. The molecule has 1 amide bonds. The molecular formula is C17H33N3O4S. The second-order valence-electron chi connectivity index (χ2n) is 7.42. The van der Waals surface area contributed by atoms with Crippen LogP contribution in [0, 0.1) is 5.92 Å². The van der Waals surface area contributed by atoms with Gasteiger partial charge in [0.15, 0.2) is 0 Å². The van der Waals surface area contributed by atoms with Crippen molar-refractivity contribution >= 4 is 16.1 Å². The zero-order valence-electron chi connectivity index (χ0n) is 16.0. The van der Waals surface area contributed by atoms with Crippen LogP contribution in [0.1, 0.15) is 46.0 Å². The fourth-order valence-electron chi connectivity index (χ4n) is 3.66. The van der Waals surface area contributed by atoms with E-state index >= 15 is 0 Å². The lowest BCUT2D eigenvalue weighted by Gasteiger charge is -2.40. The number of hydrogen-bond donors (Lipinski definition) is 0. The quantitative estimate of drug-likeness (QED) is 0.702. The van der Waals surface area contributed by atoms with Gasteiger partial charge in [0.2, 0.25) is 5.91 Å². The third kappa shape index (κ3) is 4.72. The molecule has 0 saturated carbocycles. The summed E-state index contributed by atoms with van der Waals surface area (Å²) in [4.78, 5) is 14.7. The third-order valence-electron chi connectivity index (χ3n) is 5.65. The van der Waals surface area contributed by atoms with Crippen LogP contribution >= 0.6 is 0 Å². The van der Waals surface area contributed by atoms with Crippen LogP contribution in [0.25, 0.3) is 0 Å². The first-order valence-corrected chi connectivity index (χ1v) is 10.7. The summed E-state index contributed by atoms with van der Waals surface area (Å²) in [6.07, 6.45) is 3.66. The van der Waals surface area contributed by atoms with Gasteiger partial charge in [0.05, 0.1) is 18.6 Å². The van der Waals surface area contributed by atoms with Crippen molar-refractivity contribution in [3.8, 4) is 0 Å². The lowest BCUT2D eigenvalue weighted by atomic mass is 9.88. The van der Waals surface area contributed by atoms with Gasteiger partial charge in [-0.1, -0.05) is 26.7 Å². The SMILES string of the molecule is CCC(CC)CN1CCOC2(CCN(S(=O)(=O)N(C)C)CC2)CC1=O. The number of rotatable bonds is 6. The van der Waals surface area contributed by atoms with E-state index in [0.717, 1.165) is 19.4 Å². The van der Waals surface area contributed by atoms with Crippen molar-refractivity contribution in [1.82, 2.24) is 13.5 Å². The number of carbonyl (C=O) groups excluding carboxylic acids is 1. The highest BCUT2D eigenvalue weighted by molar-refractivity contribution is 7.86. The third-order valence-corrected chi connectivity index (χ3v) is 7.59. The van der Waals surface area contributed by atoms with Gasteiger partial charge >= 0.3 is 0 Å². The number of nitrogens with zero attached hydrogens (tertiary/aromatic N) is 3. The van der Waals surface area contributed by atoms with E-state index in [0.29, 0.717) is 51.4 Å². The van der Waals surface area contributed by atoms with Crippen LogP contribution in [0.5, 0.6) is 0 Å². The van der Waals surface area contributed by atoms with Gasteiger partial charge in [-0.2, -0.15) is 17.0 Å². The molecule has 7 nitrogen and oxygen atoms in total. The molecule has 0 atom stereocenters. The van der Waals surface area contributed by atoms with E-state index in [9.17, 15) is 13.2 Å². The van der Waals surface area contributed by atoms with E-state index < -0.39 is 15.8 Å². The van der Waals surface area contributed by atoms with Crippen LogP contribution < -0.4 is 0 Å². The summed E-state index contributed by atoms with van der Waals surface area (Å²) >= 11 is 0. The van der Waals surface area contributed by atoms with Crippen molar-refractivity contribution in [3.05, 3.63) is 0 Å². The topological polar surface area (TPSA) is 70.2 Å². The molecule has 2 aliphatic heterocycles. The van der Waals surface area contributed by atoms with Crippen LogP contribution in [-0.2, 0) is 19.7 Å². The molecule has 2 aliphatic rings. The molecule has 2 saturated heterocycles. The molecule has 146 valence electrons.